The van der Waals surface area contributed by atoms with Gasteiger partial charge in [-0.15, -0.1) is 0 Å². The van der Waals surface area contributed by atoms with Gasteiger partial charge in [0.05, 0.1) is 23.1 Å². The van der Waals surface area contributed by atoms with Crippen LogP contribution in [0.3, 0.4) is 0 Å². The Balaban J connectivity index is 2.02. The monoisotopic (exact) mass is 192 g/mol. The molecule has 0 unspecified atom stereocenters. The van der Waals surface area contributed by atoms with E-state index in [1.165, 1.54) is 17.5 Å². The van der Waals surface area contributed by atoms with Crippen LogP contribution in [0.2, 0.25) is 0 Å². The van der Waals surface area contributed by atoms with Crippen LogP contribution in [0.25, 0.3) is 0 Å². The van der Waals surface area contributed by atoms with Crippen LogP contribution in [0.5, 0.6) is 0 Å². The molecule has 0 aliphatic heterocycles. The standard InChI is InChI=1S/C13H8N2/c14-5-7-2-1-3-8-9-4-10-12(11(7)8)13(9,10)6-15/h1-3,9-10,12H,4H2/t9-,10+,12-,13-/m0/s1. The minimum Gasteiger partial charge on any atom is -0.198 e. The van der Waals surface area contributed by atoms with Crippen molar-refractivity contribution in [3.63, 3.8) is 0 Å². The SMILES string of the molecule is N#Cc1cccc2c1[C@@H]1[C@H]3C[C@@H]2[C@@]31C#N. The summed E-state index contributed by atoms with van der Waals surface area (Å²) in [6.45, 7) is 0. The van der Waals surface area contributed by atoms with Gasteiger partial charge < -0.3 is 0 Å². The lowest BCUT2D eigenvalue weighted by Crippen LogP contribution is -2.24. The first-order valence-corrected chi connectivity index (χ1v) is 5.28. The number of fused-ring (bicyclic) bond motifs is 4. The van der Waals surface area contributed by atoms with Crippen LogP contribution in [0, 0.1) is 34.0 Å². The Kier molecular flexibility index (Phi) is 0.960. The summed E-state index contributed by atoms with van der Waals surface area (Å²) in [7, 11) is 0. The van der Waals surface area contributed by atoms with Gasteiger partial charge in [-0.05, 0) is 29.5 Å². The quantitative estimate of drug-likeness (QED) is 0.633. The maximum atomic E-state index is 9.27. The summed E-state index contributed by atoms with van der Waals surface area (Å²) in [6, 6.07) is 10.7. The Labute approximate surface area is 87.8 Å². The lowest BCUT2D eigenvalue weighted by atomic mass is 9.70. The van der Waals surface area contributed by atoms with E-state index in [1.807, 2.05) is 12.1 Å². The Morgan fingerprint density at radius 3 is 2.93 bits per heavy atom. The summed E-state index contributed by atoms with van der Waals surface area (Å²) in [6.07, 6.45) is 1.17. The highest BCUT2D eigenvalue weighted by Gasteiger charge is 2.81. The Bertz CT molecular complexity index is 575. The molecule has 0 spiro atoms. The van der Waals surface area contributed by atoms with Crippen molar-refractivity contribution >= 4 is 0 Å². The molecule has 0 amide bonds. The van der Waals surface area contributed by atoms with Crippen molar-refractivity contribution in [2.45, 2.75) is 18.3 Å². The molecule has 2 saturated carbocycles. The maximum absolute atomic E-state index is 9.27. The van der Waals surface area contributed by atoms with Gasteiger partial charge in [0.2, 0.25) is 0 Å². The molecule has 70 valence electrons. The average molecular weight is 192 g/mol. The van der Waals surface area contributed by atoms with Gasteiger partial charge in [-0.1, -0.05) is 12.1 Å². The molecule has 4 rings (SSSR count). The van der Waals surface area contributed by atoms with E-state index in [-0.39, 0.29) is 5.41 Å². The minimum absolute atomic E-state index is 0.0880. The third-order valence-electron chi connectivity index (χ3n) is 4.63. The largest absolute Gasteiger partial charge is 0.198 e. The highest BCUT2D eigenvalue weighted by molar-refractivity contribution is 5.64. The lowest BCUT2D eigenvalue weighted by molar-refractivity contribution is 0.311. The predicted molar refractivity (Wildman–Crippen MR) is 52.8 cm³/mol. The number of nitriles is 2. The number of hydrogen-bond acceptors (Lipinski definition) is 2. The zero-order chi connectivity index (χ0) is 10.2. The predicted octanol–water partition coefficient (Wildman–Crippen LogP) is 2.28. The second kappa shape index (κ2) is 1.92. The van der Waals surface area contributed by atoms with E-state index < -0.39 is 0 Å². The van der Waals surface area contributed by atoms with E-state index >= 15 is 0 Å². The second-order valence-corrected chi connectivity index (χ2v) is 4.84. The molecular formula is C13H8N2. The van der Waals surface area contributed by atoms with Crippen LogP contribution in [-0.4, -0.2) is 0 Å². The van der Waals surface area contributed by atoms with Crippen LogP contribution in [0.4, 0.5) is 0 Å². The van der Waals surface area contributed by atoms with E-state index in [2.05, 4.69) is 18.2 Å². The van der Waals surface area contributed by atoms with Crippen molar-refractivity contribution in [1.82, 2.24) is 0 Å². The van der Waals surface area contributed by atoms with E-state index in [4.69, 9.17) is 5.26 Å². The normalized spacial score (nSPS) is 41.9. The van der Waals surface area contributed by atoms with Gasteiger partial charge in [-0.25, -0.2) is 0 Å². The smallest absolute Gasteiger partial charge is 0.0994 e. The molecule has 1 aromatic rings. The first-order valence-electron chi connectivity index (χ1n) is 5.28. The van der Waals surface area contributed by atoms with E-state index in [0.717, 1.165) is 5.56 Å². The van der Waals surface area contributed by atoms with Crippen LogP contribution in [-0.2, 0) is 0 Å². The molecular weight excluding hydrogens is 184 g/mol. The number of nitrogens with zero attached hydrogens (tertiary/aromatic N) is 2. The van der Waals surface area contributed by atoms with Gasteiger partial charge in [-0.2, -0.15) is 10.5 Å². The average Bonchev–Trinajstić information content (AvgIpc) is 2.69. The molecule has 1 aromatic carbocycles. The molecule has 0 radical (unpaired) electrons. The molecule has 4 atom stereocenters. The van der Waals surface area contributed by atoms with Crippen LogP contribution in [0.15, 0.2) is 18.2 Å². The number of hydrogen-bond donors (Lipinski definition) is 0. The molecule has 2 heteroatoms. The molecule has 2 nitrogen and oxygen atoms in total. The van der Waals surface area contributed by atoms with Crippen molar-refractivity contribution in [3.8, 4) is 12.1 Å². The first-order chi connectivity index (χ1) is 7.34. The van der Waals surface area contributed by atoms with Crippen molar-refractivity contribution in [2.75, 3.05) is 0 Å². The molecule has 0 saturated heterocycles. The highest BCUT2D eigenvalue weighted by Crippen LogP contribution is 2.87. The fourth-order valence-corrected chi connectivity index (χ4v) is 3.96. The van der Waals surface area contributed by atoms with Crippen LogP contribution < -0.4 is 0 Å². The van der Waals surface area contributed by atoms with E-state index in [0.29, 0.717) is 17.8 Å². The van der Waals surface area contributed by atoms with Gasteiger partial charge in [-0.3, -0.25) is 0 Å². The lowest BCUT2D eigenvalue weighted by Gasteiger charge is -2.31. The van der Waals surface area contributed by atoms with Crippen molar-refractivity contribution in [2.24, 2.45) is 11.3 Å². The first kappa shape index (κ1) is 7.49. The van der Waals surface area contributed by atoms with Crippen molar-refractivity contribution < 1.29 is 0 Å². The number of rotatable bonds is 0. The summed E-state index contributed by atoms with van der Waals surface area (Å²) >= 11 is 0. The second-order valence-electron chi connectivity index (χ2n) is 4.84. The molecule has 2 fully saturated rings. The third-order valence-corrected chi connectivity index (χ3v) is 4.63. The summed E-state index contributed by atoms with van der Waals surface area (Å²) in [5.41, 5.74) is 3.18. The molecule has 15 heavy (non-hydrogen) atoms. The highest BCUT2D eigenvalue weighted by atomic mass is 14.8. The van der Waals surface area contributed by atoms with Gasteiger partial charge in [0.25, 0.3) is 0 Å². The Morgan fingerprint density at radius 2 is 2.20 bits per heavy atom. The van der Waals surface area contributed by atoms with Gasteiger partial charge in [0.15, 0.2) is 0 Å². The molecule has 0 N–H and O–H groups in total. The van der Waals surface area contributed by atoms with Crippen molar-refractivity contribution in [3.05, 3.63) is 34.9 Å². The Hall–Kier alpha value is -1.80. The molecule has 0 heterocycles. The zero-order valence-corrected chi connectivity index (χ0v) is 8.07. The summed E-state index contributed by atoms with van der Waals surface area (Å²) in [5.74, 6) is 1.38. The molecule has 0 bridgehead atoms. The van der Waals surface area contributed by atoms with E-state index in [9.17, 15) is 5.26 Å². The number of benzene rings is 1. The summed E-state index contributed by atoms with van der Waals surface area (Å²) < 4.78 is 0. The summed E-state index contributed by atoms with van der Waals surface area (Å²) in [4.78, 5) is 0. The van der Waals surface area contributed by atoms with Gasteiger partial charge in [0, 0.05) is 11.8 Å². The topological polar surface area (TPSA) is 47.6 Å². The fourth-order valence-electron chi connectivity index (χ4n) is 3.96. The zero-order valence-electron chi connectivity index (χ0n) is 8.07. The minimum atomic E-state index is -0.0880. The molecule has 3 aliphatic rings. The molecule has 3 aliphatic carbocycles. The fraction of sp³-hybridized carbons (Fsp3) is 0.385. The maximum Gasteiger partial charge on any atom is 0.0994 e. The Morgan fingerprint density at radius 1 is 1.33 bits per heavy atom. The molecule has 0 aromatic heterocycles. The summed E-state index contributed by atoms with van der Waals surface area (Å²) in [5, 5.41) is 18.3. The van der Waals surface area contributed by atoms with Crippen molar-refractivity contribution in [1.29, 1.82) is 10.5 Å². The third kappa shape index (κ3) is 0.524. The van der Waals surface area contributed by atoms with Gasteiger partial charge >= 0.3 is 0 Å². The van der Waals surface area contributed by atoms with E-state index in [1.54, 1.807) is 0 Å². The van der Waals surface area contributed by atoms with Crippen LogP contribution in [0.1, 0.15) is 34.9 Å². The van der Waals surface area contributed by atoms with Gasteiger partial charge in [0.1, 0.15) is 0 Å². The van der Waals surface area contributed by atoms with Crippen LogP contribution >= 0.6 is 0 Å².